The smallest absolute Gasteiger partial charge is 0.323 e. The van der Waals surface area contributed by atoms with Crippen molar-refractivity contribution < 1.29 is 39.2 Å². The first-order chi connectivity index (χ1) is 20.3. The summed E-state index contributed by atoms with van der Waals surface area (Å²) in [5.74, 6) is -3.78. The lowest BCUT2D eigenvalue weighted by molar-refractivity contribution is -0.140. The molecule has 43 heavy (non-hydrogen) atoms. The van der Waals surface area contributed by atoms with Gasteiger partial charge in [0.2, 0.25) is 0 Å². The fraction of sp³-hybridized carbons (Fsp3) is 0.333. The minimum atomic E-state index is -1.29. The fourth-order valence-corrected chi connectivity index (χ4v) is 8.24. The SMILES string of the molecule is COc1ccc2c(c1)N(CCCC(=O)O)C(=CC(=c1sc(=C3SC(=S)N(CC(=O)O)C3=O)n(CC(=O)O)c1=O)C(C)C)S2. The van der Waals surface area contributed by atoms with Crippen LogP contribution in [0.15, 0.2) is 39.0 Å². The predicted molar refractivity (Wildman–Crippen MR) is 168 cm³/mol. The first-order valence-corrected chi connectivity index (χ1v) is 15.7. The number of hydrogen-bond donors (Lipinski definition) is 3. The highest BCUT2D eigenvalue weighted by atomic mass is 32.2. The van der Waals surface area contributed by atoms with Crippen LogP contribution in [0, 0.1) is 5.92 Å². The average molecular weight is 666 g/mol. The number of carbonyl (C=O) groups is 4. The zero-order chi connectivity index (χ0) is 31.6. The number of rotatable bonds is 11. The van der Waals surface area contributed by atoms with Gasteiger partial charge in [0.05, 0.1) is 22.4 Å². The zero-order valence-electron chi connectivity index (χ0n) is 23.2. The van der Waals surface area contributed by atoms with Crippen LogP contribution in [0.3, 0.4) is 0 Å². The third-order valence-electron chi connectivity index (χ3n) is 6.39. The second-order valence-corrected chi connectivity index (χ2v) is 13.4. The largest absolute Gasteiger partial charge is 0.497 e. The van der Waals surface area contributed by atoms with Crippen molar-refractivity contribution in [2.24, 2.45) is 5.92 Å². The molecule has 2 aliphatic heterocycles. The van der Waals surface area contributed by atoms with Crippen molar-refractivity contribution in [1.29, 1.82) is 0 Å². The zero-order valence-corrected chi connectivity index (χ0v) is 26.5. The lowest BCUT2D eigenvalue weighted by Gasteiger charge is -2.21. The number of thioether (sulfide) groups is 2. The molecule has 4 rings (SSSR count). The summed E-state index contributed by atoms with van der Waals surface area (Å²) in [5.41, 5.74) is 0.813. The van der Waals surface area contributed by atoms with Gasteiger partial charge in [-0.05, 0) is 36.1 Å². The number of carbonyl (C=O) groups excluding carboxylic acids is 1. The number of thiocarbonyl (C=S) groups is 1. The van der Waals surface area contributed by atoms with Crippen molar-refractivity contribution >= 4 is 91.4 Å². The molecule has 1 fully saturated rings. The number of allylic oxidation sites excluding steroid dienone is 1. The standard InChI is InChI=1S/C27H27N3O9S4/c1-13(2)15(10-18-28(8-4-5-19(31)32)16-9-14(39-3)6-7-17(16)41-18)22-24(37)29(11-20(33)34)26(42-22)23-25(38)30(12-21(35)36)27(40)43-23/h6-7,9-10,13H,4-5,8,11-12H2,1-3H3,(H,31,32)(H,33,34)(H,35,36). The molecule has 0 aliphatic carbocycles. The number of aliphatic carboxylic acids is 3. The van der Waals surface area contributed by atoms with E-state index in [1.807, 2.05) is 43.0 Å². The molecule has 1 aromatic heterocycles. The number of thiazole rings is 1. The first kappa shape index (κ1) is 32.3. The maximum absolute atomic E-state index is 13.8. The highest BCUT2D eigenvalue weighted by Crippen LogP contribution is 2.48. The second kappa shape index (κ2) is 13.4. The number of anilines is 1. The molecule has 2 aromatic rings. The van der Waals surface area contributed by atoms with E-state index in [1.165, 1.54) is 11.8 Å². The number of aromatic nitrogens is 1. The molecule has 0 bridgehead atoms. The third kappa shape index (κ3) is 6.98. The average Bonchev–Trinajstić information content (AvgIpc) is 3.53. The number of nitrogens with zero attached hydrogens (tertiary/aromatic N) is 3. The van der Waals surface area contributed by atoms with Gasteiger partial charge in [0.25, 0.3) is 11.5 Å². The predicted octanol–water partition coefficient (Wildman–Crippen LogP) is 2.18. The van der Waals surface area contributed by atoms with Crippen LogP contribution >= 0.6 is 47.1 Å². The summed E-state index contributed by atoms with van der Waals surface area (Å²) in [5, 5.41) is 28.7. The van der Waals surface area contributed by atoms with Gasteiger partial charge in [0.15, 0.2) is 0 Å². The molecule has 228 valence electrons. The molecule has 0 unspecified atom stereocenters. The highest BCUT2D eigenvalue weighted by molar-refractivity contribution is 8.30. The van der Waals surface area contributed by atoms with Gasteiger partial charge in [0, 0.05) is 23.9 Å². The molecular formula is C27H27N3O9S4. The summed E-state index contributed by atoms with van der Waals surface area (Å²) in [6.07, 6.45) is 2.16. The molecule has 16 heteroatoms. The van der Waals surface area contributed by atoms with Crippen molar-refractivity contribution in [3.8, 4) is 5.75 Å². The van der Waals surface area contributed by atoms with Gasteiger partial charge in [-0.1, -0.05) is 49.6 Å². The molecular weight excluding hydrogens is 639 g/mol. The number of ether oxygens (including phenoxy) is 1. The number of methoxy groups -OCH3 is 1. The summed E-state index contributed by atoms with van der Waals surface area (Å²) in [6, 6.07) is 5.57. The Labute approximate surface area is 262 Å². The Kier molecular flexibility index (Phi) is 10.0. The fourth-order valence-electron chi connectivity index (χ4n) is 4.40. The van der Waals surface area contributed by atoms with E-state index in [-0.39, 0.29) is 30.8 Å². The molecule has 1 saturated heterocycles. The van der Waals surface area contributed by atoms with E-state index in [1.54, 1.807) is 7.11 Å². The molecule has 2 aliphatic rings. The minimum absolute atomic E-state index is 0.00518. The maximum Gasteiger partial charge on any atom is 0.323 e. The summed E-state index contributed by atoms with van der Waals surface area (Å²) in [6.45, 7) is 2.77. The van der Waals surface area contributed by atoms with Gasteiger partial charge in [-0.2, -0.15) is 0 Å². The highest BCUT2D eigenvalue weighted by Gasteiger charge is 2.36. The number of fused-ring (bicyclic) bond motifs is 1. The molecule has 1 amide bonds. The normalized spacial score (nSPS) is 17.6. The maximum atomic E-state index is 13.8. The van der Waals surface area contributed by atoms with E-state index in [0.717, 1.165) is 48.2 Å². The number of benzene rings is 1. The number of carboxylic acid groups (broad SMARTS) is 3. The van der Waals surface area contributed by atoms with Crippen molar-refractivity contribution in [3.63, 3.8) is 0 Å². The molecule has 0 saturated carbocycles. The third-order valence-corrected chi connectivity index (χ3v) is 10.3. The Bertz CT molecular complexity index is 1740. The lowest BCUT2D eigenvalue weighted by Crippen LogP contribution is -2.37. The van der Waals surface area contributed by atoms with Gasteiger partial charge in [-0.15, -0.1) is 11.3 Å². The molecule has 0 atom stereocenters. The summed E-state index contributed by atoms with van der Waals surface area (Å²) < 4.78 is 6.69. The molecule has 3 heterocycles. The van der Waals surface area contributed by atoms with Gasteiger partial charge in [-0.25, -0.2) is 0 Å². The van der Waals surface area contributed by atoms with Gasteiger partial charge < -0.3 is 25.0 Å². The summed E-state index contributed by atoms with van der Waals surface area (Å²) in [4.78, 5) is 64.9. The first-order valence-electron chi connectivity index (χ1n) is 12.8. The molecule has 1 aromatic carbocycles. The van der Waals surface area contributed by atoms with E-state index in [2.05, 4.69) is 0 Å². The van der Waals surface area contributed by atoms with Crippen LogP contribution in [0.5, 0.6) is 5.75 Å². The van der Waals surface area contributed by atoms with E-state index in [9.17, 15) is 39.3 Å². The Hall–Kier alpha value is -3.60. The van der Waals surface area contributed by atoms with Crippen LogP contribution in [-0.2, 0) is 25.7 Å². The van der Waals surface area contributed by atoms with E-state index >= 15 is 0 Å². The Morgan fingerprint density at radius 3 is 2.33 bits per heavy atom. The minimum Gasteiger partial charge on any atom is -0.497 e. The number of carboxylic acids is 3. The van der Waals surface area contributed by atoms with Crippen LogP contribution in [0.25, 0.3) is 10.5 Å². The molecule has 0 spiro atoms. The van der Waals surface area contributed by atoms with Gasteiger partial charge >= 0.3 is 17.9 Å². The quantitative estimate of drug-likeness (QED) is 0.299. The van der Waals surface area contributed by atoms with E-state index in [0.29, 0.717) is 24.3 Å². The number of amides is 1. The van der Waals surface area contributed by atoms with Crippen LogP contribution < -0.4 is 24.4 Å². The van der Waals surface area contributed by atoms with Crippen molar-refractivity contribution in [1.82, 2.24) is 9.47 Å². The molecule has 12 nitrogen and oxygen atoms in total. The Balaban J connectivity index is 1.93. The number of hydrogen-bond acceptors (Lipinski definition) is 11. The topological polar surface area (TPSA) is 167 Å². The van der Waals surface area contributed by atoms with Crippen LogP contribution in [-0.4, -0.2) is 73.1 Å². The van der Waals surface area contributed by atoms with Crippen molar-refractivity contribution in [2.45, 2.75) is 38.1 Å². The van der Waals surface area contributed by atoms with Crippen LogP contribution in [0.2, 0.25) is 0 Å². The summed E-state index contributed by atoms with van der Waals surface area (Å²) in [7, 11) is 1.55. The second-order valence-electron chi connectivity index (χ2n) is 9.68. The summed E-state index contributed by atoms with van der Waals surface area (Å²) >= 11 is 8.42. The van der Waals surface area contributed by atoms with Crippen molar-refractivity contribution in [2.75, 3.05) is 25.1 Å². The molecule has 3 N–H and O–H groups in total. The monoisotopic (exact) mass is 665 g/mol. The Morgan fingerprint density at radius 1 is 1.02 bits per heavy atom. The van der Waals surface area contributed by atoms with Crippen LogP contribution in [0.4, 0.5) is 5.69 Å². The molecule has 0 radical (unpaired) electrons. The van der Waals surface area contributed by atoms with Gasteiger partial charge in [0.1, 0.15) is 32.7 Å². The van der Waals surface area contributed by atoms with Crippen molar-refractivity contribution in [3.05, 3.63) is 48.9 Å². The Morgan fingerprint density at radius 2 is 1.72 bits per heavy atom. The van der Waals surface area contributed by atoms with Gasteiger partial charge in [-0.3, -0.25) is 33.4 Å². The van der Waals surface area contributed by atoms with E-state index < -0.39 is 42.5 Å². The lowest BCUT2D eigenvalue weighted by atomic mass is 10.0. The van der Waals surface area contributed by atoms with E-state index in [4.69, 9.17) is 17.0 Å². The van der Waals surface area contributed by atoms with Crippen LogP contribution in [0.1, 0.15) is 26.7 Å².